The molecule has 0 saturated heterocycles. The Morgan fingerprint density at radius 3 is 2.62 bits per heavy atom. The van der Waals surface area contributed by atoms with Crippen molar-refractivity contribution in [2.24, 2.45) is 0 Å². The molecule has 0 unspecified atom stereocenters. The number of benzene rings is 3. The van der Waals surface area contributed by atoms with E-state index in [0.29, 0.717) is 11.3 Å². The Morgan fingerprint density at radius 2 is 1.83 bits per heavy atom. The zero-order valence-electron chi connectivity index (χ0n) is 15.3. The number of carbonyl (C=O) groups excluding carboxylic acids is 2. The summed E-state index contributed by atoms with van der Waals surface area (Å²) in [6.45, 7) is 0. The summed E-state index contributed by atoms with van der Waals surface area (Å²) in [4.78, 5) is 24.8. The molecule has 3 aromatic rings. The fourth-order valence-electron chi connectivity index (χ4n) is 2.89. The quantitative estimate of drug-likeness (QED) is 0.368. The number of halogens is 1. The van der Waals surface area contributed by atoms with Crippen LogP contribution in [0.5, 0.6) is 17.2 Å². The van der Waals surface area contributed by atoms with E-state index < -0.39 is 11.8 Å². The summed E-state index contributed by atoms with van der Waals surface area (Å²) in [5, 5.41) is 0. The molecule has 0 aromatic heterocycles. The Labute approximate surface area is 166 Å². The molecule has 0 fully saturated rings. The van der Waals surface area contributed by atoms with Crippen LogP contribution in [0.1, 0.15) is 26.3 Å². The predicted molar refractivity (Wildman–Crippen MR) is 104 cm³/mol. The van der Waals surface area contributed by atoms with Crippen LogP contribution >= 0.6 is 0 Å². The van der Waals surface area contributed by atoms with E-state index in [2.05, 4.69) is 0 Å². The molecule has 0 saturated carbocycles. The van der Waals surface area contributed by atoms with Crippen LogP contribution in [0.3, 0.4) is 0 Å². The lowest BCUT2D eigenvalue weighted by atomic mass is 10.1. The number of esters is 1. The minimum Gasteiger partial charge on any atom is -0.497 e. The smallest absolute Gasteiger partial charge is 0.343 e. The van der Waals surface area contributed by atoms with Crippen LogP contribution < -0.4 is 14.2 Å². The molecule has 0 aliphatic carbocycles. The molecule has 4 rings (SSSR count). The number of rotatable bonds is 4. The maximum absolute atomic E-state index is 13.3. The predicted octanol–water partition coefficient (Wildman–Crippen LogP) is 4.67. The van der Waals surface area contributed by atoms with Gasteiger partial charge in [-0.15, -0.1) is 0 Å². The zero-order valence-corrected chi connectivity index (χ0v) is 15.3. The largest absolute Gasteiger partial charge is 0.497 e. The van der Waals surface area contributed by atoms with Crippen molar-refractivity contribution in [2.75, 3.05) is 7.11 Å². The molecule has 6 heteroatoms. The number of hydrogen-bond acceptors (Lipinski definition) is 5. The van der Waals surface area contributed by atoms with Gasteiger partial charge in [0, 0.05) is 6.07 Å². The van der Waals surface area contributed by atoms with Crippen molar-refractivity contribution in [1.29, 1.82) is 0 Å². The fourth-order valence-corrected chi connectivity index (χ4v) is 2.89. The average molecular weight is 390 g/mol. The van der Waals surface area contributed by atoms with Crippen molar-refractivity contribution in [3.8, 4) is 17.2 Å². The number of Topliss-reactive ketones (excluding diaryl/α,β-unsaturated/α-hetero) is 1. The lowest BCUT2D eigenvalue weighted by molar-refractivity contribution is 0.0734. The van der Waals surface area contributed by atoms with E-state index in [1.165, 1.54) is 36.4 Å². The molecule has 1 heterocycles. The van der Waals surface area contributed by atoms with E-state index in [-0.39, 0.29) is 28.6 Å². The topological polar surface area (TPSA) is 61.8 Å². The Bertz CT molecular complexity index is 1150. The lowest BCUT2D eigenvalue weighted by Crippen LogP contribution is -2.08. The van der Waals surface area contributed by atoms with Crippen LogP contribution in [0.4, 0.5) is 4.39 Å². The molecule has 0 bridgehead atoms. The van der Waals surface area contributed by atoms with E-state index in [0.717, 1.165) is 11.6 Å². The van der Waals surface area contributed by atoms with Crippen LogP contribution in [0.15, 0.2) is 72.5 Å². The minimum absolute atomic E-state index is 0.0844. The average Bonchev–Trinajstić information content (AvgIpc) is 3.03. The molecule has 0 radical (unpaired) electrons. The molecule has 5 nitrogen and oxygen atoms in total. The second-order valence-corrected chi connectivity index (χ2v) is 6.27. The Morgan fingerprint density at radius 1 is 1.00 bits per heavy atom. The minimum atomic E-state index is -0.707. The van der Waals surface area contributed by atoms with Crippen LogP contribution in [-0.2, 0) is 0 Å². The van der Waals surface area contributed by atoms with Gasteiger partial charge >= 0.3 is 5.97 Å². The maximum Gasteiger partial charge on any atom is 0.343 e. The van der Waals surface area contributed by atoms with Gasteiger partial charge in [-0.2, -0.15) is 0 Å². The highest BCUT2D eigenvalue weighted by Crippen LogP contribution is 2.35. The second kappa shape index (κ2) is 7.59. The van der Waals surface area contributed by atoms with E-state index >= 15 is 0 Å². The highest BCUT2D eigenvalue weighted by molar-refractivity contribution is 6.14. The van der Waals surface area contributed by atoms with Gasteiger partial charge in [0.05, 0.1) is 18.2 Å². The number of fused-ring (bicyclic) bond motifs is 1. The molecule has 0 spiro atoms. The second-order valence-electron chi connectivity index (χ2n) is 6.27. The monoisotopic (exact) mass is 390 g/mol. The first-order valence-electron chi connectivity index (χ1n) is 8.73. The van der Waals surface area contributed by atoms with Gasteiger partial charge in [-0.3, -0.25) is 4.79 Å². The van der Waals surface area contributed by atoms with E-state index in [4.69, 9.17) is 14.2 Å². The standard InChI is InChI=1S/C23H15FO5/c1-27-17-7-2-4-14(10-17)11-21-22(25)19-9-8-18(13-20(19)29-21)28-23(26)15-5-3-6-16(24)12-15/h2-13H,1H3/b21-11-. The molecule has 1 aliphatic heterocycles. The molecule has 0 atom stereocenters. The van der Waals surface area contributed by atoms with Crippen molar-refractivity contribution in [3.63, 3.8) is 0 Å². The molecule has 0 amide bonds. The Kier molecular flexibility index (Phi) is 4.83. The summed E-state index contributed by atoms with van der Waals surface area (Å²) in [5.41, 5.74) is 1.20. The maximum atomic E-state index is 13.3. The van der Waals surface area contributed by atoms with Gasteiger partial charge in [-0.05, 0) is 54.1 Å². The zero-order chi connectivity index (χ0) is 20.4. The summed E-state index contributed by atoms with van der Waals surface area (Å²) in [6, 6.07) is 16.9. The number of ether oxygens (including phenoxy) is 3. The summed E-state index contributed by atoms with van der Waals surface area (Å²) >= 11 is 0. The van der Waals surface area contributed by atoms with Gasteiger partial charge in [0.25, 0.3) is 0 Å². The number of methoxy groups -OCH3 is 1. The highest BCUT2D eigenvalue weighted by Gasteiger charge is 2.28. The van der Waals surface area contributed by atoms with Crippen LogP contribution in [0.2, 0.25) is 0 Å². The highest BCUT2D eigenvalue weighted by atomic mass is 19.1. The first-order chi connectivity index (χ1) is 14.0. The van der Waals surface area contributed by atoms with E-state index in [9.17, 15) is 14.0 Å². The van der Waals surface area contributed by atoms with Gasteiger partial charge < -0.3 is 14.2 Å². The molecular weight excluding hydrogens is 375 g/mol. The third-order valence-electron chi connectivity index (χ3n) is 4.30. The summed E-state index contributed by atoms with van der Waals surface area (Å²) in [7, 11) is 1.56. The first kappa shape index (κ1) is 18.4. The third kappa shape index (κ3) is 3.87. The lowest BCUT2D eigenvalue weighted by Gasteiger charge is -2.06. The number of ketones is 1. The molecule has 1 aliphatic rings. The van der Waals surface area contributed by atoms with Crippen molar-refractivity contribution in [2.45, 2.75) is 0 Å². The molecular formula is C23H15FO5. The number of hydrogen-bond donors (Lipinski definition) is 0. The van der Waals surface area contributed by atoms with Crippen LogP contribution in [-0.4, -0.2) is 18.9 Å². The normalized spacial score (nSPS) is 13.7. The molecule has 3 aromatic carbocycles. The van der Waals surface area contributed by atoms with Gasteiger partial charge in [-0.25, -0.2) is 9.18 Å². The number of allylic oxidation sites excluding steroid dienone is 1. The number of carbonyl (C=O) groups is 2. The van der Waals surface area contributed by atoms with Gasteiger partial charge in [-0.1, -0.05) is 18.2 Å². The Balaban J connectivity index is 1.55. The molecule has 144 valence electrons. The van der Waals surface area contributed by atoms with Gasteiger partial charge in [0.15, 0.2) is 5.76 Å². The first-order valence-corrected chi connectivity index (χ1v) is 8.73. The van der Waals surface area contributed by atoms with Crippen molar-refractivity contribution >= 4 is 17.8 Å². The van der Waals surface area contributed by atoms with Crippen molar-refractivity contribution in [1.82, 2.24) is 0 Å². The third-order valence-corrected chi connectivity index (χ3v) is 4.30. The van der Waals surface area contributed by atoms with Gasteiger partial charge in [0.2, 0.25) is 5.78 Å². The van der Waals surface area contributed by atoms with Crippen LogP contribution in [0, 0.1) is 5.82 Å². The molecule has 0 N–H and O–H groups in total. The Hall–Kier alpha value is -3.93. The fraction of sp³-hybridized carbons (Fsp3) is 0.0435. The van der Waals surface area contributed by atoms with Crippen molar-refractivity contribution in [3.05, 3.63) is 95.0 Å². The van der Waals surface area contributed by atoms with Gasteiger partial charge in [0.1, 0.15) is 23.1 Å². The van der Waals surface area contributed by atoms with E-state index in [1.807, 2.05) is 12.1 Å². The van der Waals surface area contributed by atoms with E-state index in [1.54, 1.807) is 25.3 Å². The van der Waals surface area contributed by atoms with Crippen molar-refractivity contribution < 1.29 is 28.2 Å². The summed E-state index contributed by atoms with van der Waals surface area (Å²) in [5.74, 6) is -0.223. The summed E-state index contributed by atoms with van der Waals surface area (Å²) in [6.07, 6.45) is 1.61. The molecule has 29 heavy (non-hydrogen) atoms. The van der Waals surface area contributed by atoms with Crippen LogP contribution in [0.25, 0.3) is 6.08 Å². The SMILES string of the molecule is COc1cccc(/C=C2\Oc3cc(OC(=O)c4cccc(F)c4)ccc3C2=O)c1. The summed E-state index contributed by atoms with van der Waals surface area (Å²) < 4.78 is 29.4.